The molecule has 0 amide bonds. The molecule has 5 heteroatoms. The normalized spacial score (nSPS) is 13.7. The first-order valence-corrected chi connectivity index (χ1v) is 6.66. The minimum atomic E-state index is -0.751. The van der Waals surface area contributed by atoms with Crippen molar-refractivity contribution >= 4 is 5.95 Å². The van der Waals surface area contributed by atoms with Crippen LogP contribution in [0.1, 0.15) is 33.3 Å². The number of hydrogen-bond acceptors (Lipinski definition) is 5. The van der Waals surface area contributed by atoms with Gasteiger partial charge in [0.2, 0.25) is 5.95 Å². The molecule has 1 aromatic heterocycles. The third-order valence-corrected chi connectivity index (χ3v) is 3.05. The van der Waals surface area contributed by atoms with Gasteiger partial charge in [-0.15, -0.1) is 0 Å². The van der Waals surface area contributed by atoms with Crippen LogP contribution >= 0.6 is 0 Å². The number of rotatable bonds is 6. The average Bonchev–Trinajstić information content (AvgIpc) is 2.27. The number of anilines is 1. The molecule has 0 bridgehead atoms. The fraction of sp³-hybridized carbons (Fsp3) is 0.714. The van der Waals surface area contributed by atoms with Crippen molar-refractivity contribution in [1.29, 1.82) is 0 Å². The maximum absolute atomic E-state index is 10.1. The molecule has 19 heavy (non-hydrogen) atoms. The van der Waals surface area contributed by atoms with E-state index in [9.17, 15) is 5.11 Å². The molecule has 0 aliphatic carbocycles. The second kappa shape index (κ2) is 6.30. The van der Waals surface area contributed by atoms with Gasteiger partial charge in [-0.1, -0.05) is 13.8 Å². The van der Waals surface area contributed by atoms with E-state index in [0.717, 1.165) is 5.56 Å². The van der Waals surface area contributed by atoms with Gasteiger partial charge in [0.1, 0.15) is 0 Å². The average molecular weight is 266 g/mol. The first kappa shape index (κ1) is 15.9. The molecule has 0 unspecified atom stereocenters. The van der Waals surface area contributed by atoms with Gasteiger partial charge in [0.25, 0.3) is 0 Å². The maximum atomic E-state index is 10.1. The Labute approximate surface area is 116 Å². The Morgan fingerprint density at radius 2 is 1.79 bits per heavy atom. The SMILES string of the molecule is CC(C)[C@H](NCc1cnc(N(C)C)nc1)C(C)(C)O. The fourth-order valence-corrected chi connectivity index (χ4v) is 2.20. The van der Waals surface area contributed by atoms with Crippen LogP contribution in [0.2, 0.25) is 0 Å². The molecule has 5 nitrogen and oxygen atoms in total. The summed E-state index contributed by atoms with van der Waals surface area (Å²) in [6.07, 6.45) is 3.63. The highest BCUT2D eigenvalue weighted by atomic mass is 16.3. The summed E-state index contributed by atoms with van der Waals surface area (Å²) < 4.78 is 0. The van der Waals surface area contributed by atoms with Crippen LogP contribution in [-0.4, -0.2) is 40.8 Å². The predicted molar refractivity (Wildman–Crippen MR) is 78.1 cm³/mol. The summed E-state index contributed by atoms with van der Waals surface area (Å²) in [5, 5.41) is 13.5. The topological polar surface area (TPSA) is 61.3 Å². The Bertz CT molecular complexity index is 381. The Morgan fingerprint density at radius 1 is 1.26 bits per heavy atom. The molecule has 0 radical (unpaired) electrons. The van der Waals surface area contributed by atoms with Gasteiger partial charge in [-0.2, -0.15) is 0 Å². The third-order valence-electron chi connectivity index (χ3n) is 3.05. The summed E-state index contributed by atoms with van der Waals surface area (Å²) in [7, 11) is 3.83. The second-order valence-corrected chi connectivity index (χ2v) is 6.04. The van der Waals surface area contributed by atoms with Crippen LogP contribution in [0.5, 0.6) is 0 Å². The molecule has 108 valence electrons. The van der Waals surface area contributed by atoms with E-state index < -0.39 is 5.60 Å². The van der Waals surface area contributed by atoms with E-state index in [1.165, 1.54) is 0 Å². The lowest BCUT2D eigenvalue weighted by Gasteiger charge is -2.33. The van der Waals surface area contributed by atoms with Crippen LogP contribution in [0.15, 0.2) is 12.4 Å². The lowest BCUT2D eigenvalue weighted by Crippen LogP contribution is -2.49. The highest BCUT2D eigenvalue weighted by Gasteiger charge is 2.28. The quantitative estimate of drug-likeness (QED) is 0.815. The highest BCUT2D eigenvalue weighted by molar-refractivity contribution is 5.26. The van der Waals surface area contributed by atoms with E-state index in [4.69, 9.17) is 0 Å². The van der Waals surface area contributed by atoms with Crippen molar-refractivity contribution in [3.05, 3.63) is 18.0 Å². The molecular weight excluding hydrogens is 240 g/mol. The molecule has 0 saturated heterocycles. The molecule has 0 saturated carbocycles. The summed E-state index contributed by atoms with van der Waals surface area (Å²) in [6, 6.07) is 0.0287. The number of aromatic nitrogens is 2. The zero-order valence-corrected chi connectivity index (χ0v) is 12.8. The number of aliphatic hydroxyl groups is 1. The molecule has 0 aliphatic heterocycles. The molecular formula is C14H26N4O. The lowest BCUT2D eigenvalue weighted by molar-refractivity contribution is 0.0195. The number of hydrogen-bond donors (Lipinski definition) is 2. The van der Waals surface area contributed by atoms with Crippen molar-refractivity contribution in [2.75, 3.05) is 19.0 Å². The van der Waals surface area contributed by atoms with Gasteiger partial charge < -0.3 is 15.3 Å². The summed E-state index contributed by atoms with van der Waals surface area (Å²) in [6.45, 7) is 8.51. The lowest BCUT2D eigenvalue weighted by atomic mass is 9.89. The van der Waals surface area contributed by atoms with Crippen molar-refractivity contribution < 1.29 is 5.11 Å². The largest absolute Gasteiger partial charge is 0.389 e. The van der Waals surface area contributed by atoms with Crippen LogP contribution in [0.25, 0.3) is 0 Å². The van der Waals surface area contributed by atoms with Crippen molar-refractivity contribution in [2.24, 2.45) is 5.92 Å². The van der Waals surface area contributed by atoms with Gasteiger partial charge in [0.05, 0.1) is 5.60 Å². The minimum Gasteiger partial charge on any atom is -0.389 e. The molecule has 0 spiro atoms. The smallest absolute Gasteiger partial charge is 0.224 e. The molecule has 2 N–H and O–H groups in total. The fourth-order valence-electron chi connectivity index (χ4n) is 2.20. The van der Waals surface area contributed by atoms with E-state index in [0.29, 0.717) is 18.4 Å². The van der Waals surface area contributed by atoms with Crippen LogP contribution in [0, 0.1) is 5.92 Å². The van der Waals surface area contributed by atoms with Gasteiger partial charge in [-0.05, 0) is 19.8 Å². The Kier molecular flexibility index (Phi) is 5.26. The first-order valence-electron chi connectivity index (χ1n) is 6.66. The van der Waals surface area contributed by atoms with Gasteiger partial charge in [0, 0.05) is 44.6 Å². The van der Waals surface area contributed by atoms with Gasteiger partial charge in [-0.3, -0.25) is 0 Å². The van der Waals surface area contributed by atoms with E-state index >= 15 is 0 Å². The Hall–Kier alpha value is -1.20. The van der Waals surface area contributed by atoms with Gasteiger partial charge >= 0.3 is 0 Å². The van der Waals surface area contributed by atoms with Gasteiger partial charge in [0.15, 0.2) is 0 Å². The van der Waals surface area contributed by atoms with Crippen LogP contribution in [-0.2, 0) is 6.54 Å². The van der Waals surface area contributed by atoms with Crippen molar-refractivity contribution in [3.8, 4) is 0 Å². The van der Waals surface area contributed by atoms with E-state index in [2.05, 4.69) is 29.1 Å². The van der Waals surface area contributed by atoms with Crippen LogP contribution in [0.4, 0.5) is 5.95 Å². The predicted octanol–water partition coefficient (Wildman–Crippen LogP) is 1.43. The zero-order chi connectivity index (χ0) is 14.6. The Balaban J connectivity index is 2.65. The monoisotopic (exact) mass is 266 g/mol. The Morgan fingerprint density at radius 3 is 2.16 bits per heavy atom. The number of nitrogens with zero attached hydrogens (tertiary/aromatic N) is 3. The highest BCUT2D eigenvalue weighted by Crippen LogP contribution is 2.17. The summed E-state index contributed by atoms with van der Waals surface area (Å²) >= 11 is 0. The van der Waals surface area contributed by atoms with E-state index in [1.807, 2.05) is 45.2 Å². The molecule has 0 fully saturated rings. The van der Waals surface area contributed by atoms with Crippen molar-refractivity contribution in [1.82, 2.24) is 15.3 Å². The van der Waals surface area contributed by atoms with Crippen molar-refractivity contribution in [2.45, 2.75) is 45.9 Å². The summed E-state index contributed by atoms with van der Waals surface area (Å²) in [4.78, 5) is 10.4. The number of nitrogens with one attached hydrogen (secondary N) is 1. The molecule has 1 aromatic rings. The van der Waals surface area contributed by atoms with E-state index in [-0.39, 0.29) is 6.04 Å². The minimum absolute atomic E-state index is 0.0287. The molecule has 1 rings (SSSR count). The second-order valence-electron chi connectivity index (χ2n) is 6.04. The van der Waals surface area contributed by atoms with Crippen LogP contribution < -0.4 is 10.2 Å². The van der Waals surface area contributed by atoms with Crippen LogP contribution in [0.3, 0.4) is 0 Å². The third kappa shape index (κ3) is 4.76. The molecule has 0 aromatic carbocycles. The first-order chi connectivity index (χ1) is 8.71. The molecule has 1 heterocycles. The van der Waals surface area contributed by atoms with Gasteiger partial charge in [-0.25, -0.2) is 9.97 Å². The summed E-state index contributed by atoms with van der Waals surface area (Å²) in [5.74, 6) is 1.05. The summed E-state index contributed by atoms with van der Waals surface area (Å²) in [5.41, 5.74) is 0.263. The van der Waals surface area contributed by atoms with E-state index in [1.54, 1.807) is 0 Å². The molecule has 1 atom stereocenters. The van der Waals surface area contributed by atoms with Crippen molar-refractivity contribution in [3.63, 3.8) is 0 Å². The standard InChI is InChI=1S/C14H26N4O/c1-10(2)12(14(3,4)19)15-7-11-8-16-13(17-9-11)18(5)6/h8-10,12,15,19H,7H2,1-6H3/t12-/m0/s1. The maximum Gasteiger partial charge on any atom is 0.224 e. The molecule has 0 aliphatic rings. The zero-order valence-electron chi connectivity index (χ0n) is 12.8.